The standard InChI is InChI=1S/C20H26O5/c1-9(2)10-8-11-12(14(22)13(10)21)20-7-5-6-19(3,4)17(20)15(23)16(11)25-18(20)24/h8-9,15-17,21-23H,5-7H2,1-4H3/t15-,16-,17?,20+/m1/s1. The average molecular weight is 346 g/mol. The van der Waals surface area contributed by atoms with Gasteiger partial charge in [0.05, 0.1) is 6.10 Å². The SMILES string of the molecule is CC(C)c1cc2c(c(O)c1O)[C@@]13CCCC(C)(C)C1[C@H](O)[C@@H]2OC3=O. The van der Waals surface area contributed by atoms with Crippen molar-refractivity contribution in [2.24, 2.45) is 11.3 Å². The highest BCUT2D eigenvalue weighted by molar-refractivity contribution is 5.90. The summed E-state index contributed by atoms with van der Waals surface area (Å²) in [6, 6.07) is 1.80. The second kappa shape index (κ2) is 4.91. The number of hydrogen-bond donors (Lipinski definition) is 3. The van der Waals surface area contributed by atoms with Gasteiger partial charge < -0.3 is 20.1 Å². The predicted molar refractivity (Wildman–Crippen MR) is 91.5 cm³/mol. The van der Waals surface area contributed by atoms with Crippen LogP contribution in [-0.4, -0.2) is 27.4 Å². The van der Waals surface area contributed by atoms with Crippen molar-refractivity contribution in [2.45, 2.75) is 70.5 Å². The van der Waals surface area contributed by atoms with Gasteiger partial charge in [0, 0.05) is 22.6 Å². The molecule has 0 amide bonds. The number of aliphatic hydroxyl groups is 1. The van der Waals surface area contributed by atoms with Crippen LogP contribution in [0.4, 0.5) is 0 Å². The maximum Gasteiger partial charge on any atom is 0.317 e. The molecule has 1 spiro atoms. The molecule has 4 atom stereocenters. The Balaban J connectivity index is 2.06. The van der Waals surface area contributed by atoms with E-state index in [2.05, 4.69) is 13.8 Å². The Morgan fingerprint density at radius 3 is 2.52 bits per heavy atom. The first-order valence-corrected chi connectivity index (χ1v) is 9.11. The topological polar surface area (TPSA) is 87.0 Å². The number of rotatable bonds is 1. The van der Waals surface area contributed by atoms with Crippen molar-refractivity contribution in [3.8, 4) is 11.5 Å². The maximum absolute atomic E-state index is 13.0. The minimum atomic E-state index is -1.08. The molecule has 5 rings (SSSR count). The van der Waals surface area contributed by atoms with Gasteiger partial charge in [0.15, 0.2) is 17.6 Å². The van der Waals surface area contributed by atoms with Crippen molar-refractivity contribution in [3.05, 3.63) is 22.8 Å². The second-order valence-corrected chi connectivity index (χ2v) is 8.89. The molecule has 1 unspecified atom stereocenters. The van der Waals surface area contributed by atoms with E-state index >= 15 is 0 Å². The summed E-state index contributed by atoms with van der Waals surface area (Å²) in [4.78, 5) is 13.0. The molecule has 2 aliphatic carbocycles. The molecule has 2 bridgehead atoms. The van der Waals surface area contributed by atoms with Crippen LogP contribution in [0.5, 0.6) is 11.5 Å². The summed E-state index contributed by atoms with van der Waals surface area (Å²) in [6.45, 7) is 7.98. The van der Waals surface area contributed by atoms with Crippen LogP contribution in [0.3, 0.4) is 0 Å². The van der Waals surface area contributed by atoms with Gasteiger partial charge >= 0.3 is 5.97 Å². The van der Waals surface area contributed by atoms with Crippen molar-refractivity contribution in [3.63, 3.8) is 0 Å². The van der Waals surface area contributed by atoms with Crippen molar-refractivity contribution < 1.29 is 24.9 Å². The summed E-state index contributed by atoms with van der Waals surface area (Å²) < 4.78 is 5.63. The van der Waals surface area contributed by atoms with E-state index in [-0.39, 0.29) is 34.7 Å². The Hall–Kier alpha value is -1.75. The molecule has 0 aromatic heterocycles. The van der Waals surface area contributed by atoms with Crippen LogP contribution in [0, 0.1) is 11.3 Å². The zero-order valence-electron chi connectivity index (χ0n) is 15.2. The molecule has 5 heteroatoms. The highest BCUT2D eigenvalue weighted by Gasteiger charge is 2.68. The molecular formula is C20H26O5. The Morgan fingerprint density at radius 2 is 1.88 bits per heavy atom. The summed E-state index contributed by atoms with van der Waals surface area (Å²) in [5.41, 5.74) is 0.405. The number of ether oxygens (including phenoxy) is 1. The van der Waals surface area contributed by atoms with Gasteiger partial charge in [0.2, 0.25) is 0 Å². The number of aliphatic hydroxyl groups excluding tert-OH is 1. The van der Waals surface area contributed by atoms with Gasteiger partial charge in [-0.15, -0.1) is 0 Å². The zero-order chi connectivity index (χ0) is 18.3. The lowest BCUT2D eigenvalue weighted by Crippen LogP contribution is -2.65. The Kier molecular flexibility index (Phi) is 3.28. The lowest BCUT2D eigenvalue weighted by molar-refractivity contribution is -0.213. The number of carbonyl (C=O) groups excluding carboxylic acids is 1. The predicted octanol–water partition coefficient (Wildman–Crippen LogP) is 3.26. The van der Waals surface area contributed by atoms with E-state index in [9.17, 15) is 20.1 Å². The zero-order valence-corrected chi connectivity index (χ0v) is 15.2. The first-order valence-electron chi connectivity index (χ1n) is 9.11. The van der Waals surface area contributed by atoms with Gasteiger partial charge in [0.25, 0.3) is 0 Å². The molecule has 0 radical (unpaired) electrons. The highest BCUT2D eigenvalue weighted by atomic mass is 16.6. The summed E-state index contributed by atoms with van der Waals surface area (Å²) in [6.07, 6.45) is 0.648. The molecule has 1 saturated heterocycles. The monoisotopic (exact) mass is 346 g/mol. The summed E-state index contributed by atoms with van der Waals surface area (Å²) in [5, 5.41) is 32.5. The number of carbonyl (C=O) groups is 1. The van der Waals surface area contributed by atoms with Crippen LogP contribution in [0.1, 0.15) is 75.7 Å². The molecule has 136 valence electrons. The number of phenols is 2. The summed E-state index contributed by atoms with van der Waals surface area (Å²) >= 11 is 0. The fourth-order valence-electron chi connectivity index (χ4n) is 5.71. The number of fused-ring (bicyclic) bond motifs is 1. The normalized spacial score (nSPS) is 35.3. The third-order valence-electron chi connectivity index (χ3n) is 6.72. The van der Waals surface area contributed by atoms with E-state index in [0.29, 0.717) is 23.1 Å². The molecule has 4 aliphatic rings. The minimum absolute atomic E-state index is 0.000547. The van der Waals surface area contributed by atoms with E-state index in [1.54, 1.807) is 6.07 Å². The fraction of sp³-hybridized carbons (Fsp3) is 0.650. The van der Waals surface area contributed by atoms with Crippen LogP contribution in [-0.2, 0) is 14.9 Å². The molecular weight excluding hydrogens is 320 g/mol. The maximum atomic E-state index is 13.0. The fourth-order valence-corrected chi connectivity index (χ4v) is 5.71. The van der Waals surface area contributed by atoms with Crippen molar-refractivity contribution >= 4 is 5.97 Å². The van der Waals surface area contributed by atoms with Crippen molar-refractivity contribution in [2.75, 3.05) is 0 Å². The van der Waals surface area contributed by atoms with Gasteiger partial charge in [-0.1, -0.05) is 34.1 Å². The van der Waals surface area contributed by atoms with Crippen molar-refractivity contribution in [1.82, 2.24) is 0 Å². The number of benzene rings is 1. The molecule has 2 heterocycles. The lowest BCUT2D eigenvalue weighted by atomic mass is 9.46. The Morgan fingerprint density at radius 1 is 1.20 bits per heavy atom. The van der Waals surface area contributed by atoms with Gasteiger partial charge in [-0.05, 0) is 30.2 Å². The molecule has 3 N–H and O–H groups in total. The summed E-state index contributed by atoms with van der Waals surface area (Å²) in [7, 11) is 0. The van der Waals surface area contributed by atoms with Gasteiger partial charge in [0.1, 0.15) is 5.41 Å². The minimum Gasteiger partial charge on any atom is -0.504 e. The molecule has 25 heavy (non-hydrogen) atoms. The third kappa shape index (κ3) is 1.85. The third-order valence-corrected chi connectivity index (χ3v) is 6.72. The highest BCUT2D eigenvalue weighted by Crippen LogP contribution is 2.66. The van der Waals surface area contributed by atoms with Crippen LogP contribution in [0.15, 0.2) is 6.07 Å². The second-order valence-electron chi connectivity index (χ2n) is 8.89. The number of hydrogen-bond acceptors (Lipinski definition) is 5. The molecule has 5 nitrogen and oxygen atoms in total. The first kappa shape index (κ1) is 16.7. The first-order chi connectivity index (χ1) is 11.6. The smallest absolute Gasteiger partial charge is 0.317 e. The largest absolute Gasteiger partial charge is 0.504 e. The molecule has 2 aliphatic heterocycles. The van der Waals surface area contributed by atoms with E-state index in [4.69, 9.17) is 4.74 Å². The molecule has 1 saturated carbocycles. The summed E-state index contributed by atoms with van der Waals surface area (Å²) in [5.74, 6) is -1.07. The number of aromatic hydroxyl groups is 2. The van der Waals surface area contributed by atoms with E-state index in [1.807, 2.05) is 13.8 Å². The van der Waals surface area contributed by atoms with Crippen molar-refractivity contribution in [1.29, 1.82) is 0 Å². The Bertz CT molecular complexity index is 766. The Labute approximate surface area is 147 Å². The quantitative estimate of drug-likeness (QED) is 0.537. The van der Waals surface area contributed by atoms with Crippen LogP contribution < -0.4 is 0 Å². The molecule has 2 fully saturated rings. The lowest BCUT2D eigenvalue weighted by Gasteiger charge is -2.60. The van der Waals surface area contributed by atoms with Crippen LogP contribution in [0.25, 0.3) is 0 Å². The van der Waals surface area contributed by atoms with Gasteiger partial charge in [-0.25, -0.2) is 0 Å². The molecule has 1 aromatic rings. The average Bonchev–Trinajstić information content (AvgIpc) is 2.51. The van der Waals surface area contributed by atoms with E-state index in [0.717, 1.165) is 12.8 Å². The van der Waals surface area contributed by atoms with Crippen LogP contribution >= 0.6 is 0 Å². The number of esters is 1. The van der Waals surface area contributed by atoms with E-state index in [1.165, 1.54) is 0 Å². The van der Waals surface area contributed by atoms with E-state index < -0.39 is 17.6 Å². The van der Waals surface area contributed by atoms with Gasteiger partial charge in [-0.3, -0.25) is 4.79 Å². The van der Waals surface area contributed by atoms with Crippen LogP contribution in [0.2, 0.25) is 0 Å². The number of phenolic OH excluding ortho intramolecular Hbond substituents is 2. The van der Waals surface area contributed by atoms with Gasteiger partial charge in [-0.2, -0.15) is 0 Å². The molecule has 1 aromatic carbocycles.